The van der Waals surface area contributed by atoms with Gasteiger partial charge in [-0.2, -0.15) is 0 Å². The highest BCUT2D eigenvalue weighted by molar-refractivity contribution is 7.13. The van der Waals surface area contributed by atoms with Crippen LogP contribution >= 0.6 is 11.3 Å². The first kappa shape index (κ1) is 18.8. The molecule has 0 fully saturated rings. The number of nitrogens with zero attached hydrogens (tertiary/aromatic N) is 1. The van der Waals surface area contributed by atoms with Crippen molar-refractivity contribution in [2.75, 3.05) is 11.9 Å². The molecule has 132 valence electrons. The van der Waals surface area contributed by atoms with Crippen molar-refractivity contribution in [2.24, 2.45) is 0 Å². The summed E-state index contributed by atoms with van der Waals surface area (Å²) in [6, 6.07) is 9.02. The second-order valence-electron chi connectivity index (χ2n) is 5.32. The third kappa shape index (κ3) is 6.46. The van der Waals surface area contributed by atoms with E-state index in [1.807, 2.05) is 18.2 Å². The third-order valence-corrected chi connectivity index (χ3v) is 4.14. The third-order valence-electron chi connectivity index (χ3n) is 3.33. The Kier molecular flexibility index (Phi) is 7.28. The fourth-order valence-corrected chi connectivity index (χ4v) is 2.89. The number of benzene rings is 1. The number of Topliss-reactive ketones (excluding diaryl/α,β-unsaturated/α-hetero) is 1. The maximum Gasteiger partial charge on any atom is 0.311 e. The normalized spacial score (nSPS) is 10.3. The maximum absolute atomic E-state index is 12.0. The Hall–Kier alpha value is -2.54. The average molecular weight is 360 g/mol. The Bertz CT molecular complexity index is 728. The van der Waals surface area contributed by atoms with Gasteiger partial charge >= 0.3 is 5.97 Å². The minimum Gasteiger partial charge on any atom is -0.466 e. The number of amides is 1. The van der Waals surface area contributed by atoms with Crippen LogP contribution in [0.4, 0.5) is 5.13 Å². The number of thiazole rings is 1. The number of hydrogen-bond donors (Lipinski definition) is 1. The number of hydrogen-bond acceptors (Lipinski definition) is 6. The van der Waals surface area contributed by atoms with Crippen LogP contribution in [0.1, 0.15) is 42.2 Å². The topological polar surface area (TPSA) is 85.4 Å². The number of anilines is 1. The van der Waals surface area contributed by atoms with E-state index in [9.17, 15) is 14.4 Å². The summed E-state index contributed by atoms with van der Waals surface area (Å²) in [7, 11) is 0. The van der Waals surface area contributed by atoms with Gasteiger partial charge < -0.3 is 10.1 Å². The zero-order chi connectivity index (χ0) is 18.1. The van der Waals surface area contributed by atoms with E-state index in [4.69, 9.17) is 4.74 Å². The van der Waals surface area contributed by atoms with Crippen LogP contribution in [0, 0.1) is 0 Å². The molecule has 0 atom stereocenters. The smallest absolute Gasteiger partial charge is 0.311 e. The Morgan fingerprint density at radius 2 is 1.92 bits per heavy atom. The van der Waals surface area contributed by atoms with Crippen molar-refractivity contribution in [3.05, 3.63) is 47.0 Å². The van der Waals surface area contributed by atoms with Crippen molar-refractivity contribution in [3.63, 3.8) is 0 Å². The highest BCUT2D eigenvalue weighted by atomic mass is 32.1. The molecule has 1 N–H and O–H groups in total. The van der Waals surface area contributed by atoms with Gasteiger partial charge in [-0.15, -0.1) is 11.3 Å². The van der Waals surface area contributed by atoms with Gasteiger partial charge in [0.2, 0.25) is 5.91 Å². The molecule has 2 aromatic rings. The number of ether oxygens (including phenoxy) is 1. The van der Waals surface area contributed by atoms with E-state index < -0.39 is 0 Å². The predicted molar refractivity (Wildman–Crippen MR) is 95.7 cm³/mol. The van der Waals surface area contributed by atoms with Crippen molar-refractivity contribution in [2.45, 2.75) is 32.6 Å². The van der Waals surface area contributed by atoms with Gasteiger partial charge in [0.15, 0.2) is 10.9 Å². The summed E-state index contributed by atoms with van der Waals surface area (Å²) in [5.41, 5.74) is 1.23. The fourth-order valence-electron chi connectivity index (χ4n) is 2.17. The molecule has 0 aliphatic rings. The zero-order valence-electron chi connectivity index (χ0n) is 14.0. The second kappa shape index (κ2) is 9.68. The van der Waals surface area contributed by atoms with E-state index >= 15 is 0 Å². The first-order chi connectivity index (χ1) is 12.1. The van der Waals surface area contributed by atoms with Crippen molar-refractivity contribution < 1.29 is 19.1 Å². The van der Waals surface area contributed by atoms with Gasteiger partial charge in [0.1, 0.15) is 0 Å². The molecule has 6 nitrogen and oxygen atoms in total. The monoisotopic (exact) mass is 360 g/mol. The molecule has 2 rings (SSSR count). The van der Waals surface area contributed by atoms with Crippen LogP contribution in [0.2, 0.25) is 0 Å². The van der Waals surface area contributed by atoms with E-state index in [1.54, 1.807) is 24.4 Å². The molecule has 0 unspecified atom stereocenters. The predicted octanol–water partition coefficient (Wildman–Crippen LogP) is 3.24. The molecule has 7 heteroatoms. The largest absolute Gasteiger partial charge is 0.466 e. The summed E-state index contributed by atoms with van der Waals surface area (Å²) in [6.07, 6.45) is 1.13. The van der Waals surface area contributed by atoms with Gasteiger partial charge in [0.25, 0.3) is 0 Å². The van der Waals surface area contributed by atoms with Crippen molar-refractivity contribution in [1.82, 2.24) is 4.98 Å². The van der Waals surface area contributed by atoms with Crippen LogP contribution < -0.4 is 5.32 Å². The minimum atomic E-state index is -0.342. The summed E-state index contributed by atoms with van der Waals surface area (Å²) in [5.74, 6) is -0.512. The number of carbonyl (C=O) groups excluding carboxylic acids is 3. The van der Waals surface area contributed by atoms with Gasteiger partial charge in [0, 0.05) is 23.8 Å². The average Bonchev–Trinajstić information content (AvgIpc) is 3.02. The molecule has 0 spiro atoms. The molecule has 0 bridgehead atoms. The molecule has 0 saturated heterocycles. The fraction of sp³-hybridized carbons (Fsp3) is 0.333. The lowest BCUT2D eigenvalue weighted by Gasteiger charge is -2.02. The van der Waals surface area contributed by atoms with E-state index in [0.717, 1.165) is 0 Å². The lowest BCUT2D eigenvalue weighted by atomic mass is 10.1. The molecule has 0 saturated carbocycles. The molecule has 1 amide bonds. The summed E-state index contributed by atoms with van der Waals surface area (Å²) < 4.78 is 4.85. The maximum atomic E-state index is 12.0. The van der Waals surface area contributed by atoms with E-state index in [1.165, 1.54) is 11.3 Å². The van der Waals surface area contributed by atoms with E-state index in [2.05, 4.69) is 10.3 Å². The molecular weight excluding hydrogens is 340 g/mol. The summed E-state index contributed by atoms with van der Waals surface area (Å²) >= 11 is 1.26. The molecule has 1 heterocycles. The van der Waals surface area contributed by atoms with Crippen LogP contribution in [-0.2, 0) is 20.7 Å². The van der Waals surface area contributed by atoms with Crippen LogP contribution in [0.15, 0.2) is 35.7 Å². The van der Waals surface area contributed by atoms with Crippen LogP contribution in [0.5, 0.6) is 0 Å². The molecule has 0 aliphatic heterocycles. The molecule has 1 aromatic carbocycles. The molecule has 1 aromatic heterocycles. The van der Waals surface area contributed by atoms with E-state index in [-0.39, 0.29) is 30.5 Å². The number of ketones is 1. The van der Waals surface area contributed by atoms with Crippen LogP contribution in [0.25, 0.3) is 0 Å². The van der Waals surface area contributed by atoms with Gasteiger partial charge in [-0.05, 0) is 13.3 Å². The standard InChI is InChI=1S/C18H20N2O4S/c1-2-24-17(23)11-14-12-25-18(19-14)20-16(22)10-6-9-15(21)13-7-4-3-5-8-13/h3-5,7-8,12H,2,6,9-11H2,1H3,(H,19,20,22). The summed E-state index contributed by atoms with van der Waals surface area (Å²) in [6.45, 7) is 2.07. The van der Waals surface area contributed by atoms with Crippen LogP contribution in [0.3, 0.4) is 0 Å². The molecule has 25 heavy (non-hydrogen) atoms. The highest BCUT2D eigenvalue weighted by Crippen LogP contribution is 2.17. The second-order valence-corrected chi connectivity index (χ2v) is 6.17. The van der Waals surface area contributed by atoms with Crippen molar-refractivity contribution in [1.29, 1.82) is 0 Å². The Morgan fingerprint density at radius 1 is 1.16 bits per heavy atom. The Labute approximate surface area is 150 Å². The number of nitrogens with one attached hydrogen (secondary N) is 1. The molecule has 0 aliphatic carbocycles. The number of aromatic nitrogens is 1. The quantitative estimate of drug-likeness (QED) is 0.548. The molecule has 0 radical (unpaired) electrons. The van der Waals surface area contributed by atoms with Gasteiger partial charge in [-0.25, -0.2) is 4.98 Å². The van der Waals surface area contributed by atoms with Crippen molar-refractivity contribution >= 4 is 34.1 Å². The molecular formula is C18H20N2O4S. The summed E-state index contributed by atoms with van der Waals surface area (Å²) in [5, 5.41) is 4.84. The number of carbonyl (C=O) groups is 3. The van der Waals surface area contributed by atoms with Gasteiger partial charge in [0.05, 0.1) is 18.7 Å². The summed E-state index contributed by atoms with van der Waals surface area (Å²) in [4.78, 5) is 39.4. The first-order valence-corrected chi connectivity index (χ1v) is 8.94. The Balaban J connectivity index is 1.72. The number of esters is 1. The van der Waals surface area contributed by atoms with E-state index in [0.29, 0.717) is 35.8 Å². The minimum absolute atomic E-state index is 0.0272. The van der Waals surface area contributed by atoms with Gasteiger partial charge in [-0.3, -0.25) is 14.4 Å². The number of rotatable bonds is 9. The highest BCUT2D eigenvalue weighted by Gasteiger charge is 2.11. The SMILES string of the molecule is CCOC(=O)Cc1csc(NC(=O)CCCC(=O)c2ccccc2)n1. The lowest BCUT2D eigenvalue weighted by molar-refractivity contribution is -0.142. The Morgan fingerprint density at radius 3 is 2.64 bits per heavy atom. The van der Waals surface area contributed by atoms with Gasteiger partial charge in [-0.1, -0.05) is 30.3 Å². The van der Waals surface area contributed by atoms with Crippen LogP contribution in [-0.4, -0.2) is 29.3 Å². The zero-order valence-corrected chi connectivity index (χ0v) is 14.8. The van der Waals surface area contributed by atoms with Crippen molar-refractivity contribution in [3.8, 4) is 0 Å². The first-order valence-electron chi connectivity index (χ1n) is 8.06. The lowest BCUT2D eigenvalue weighted by Crippen LogP contribution is -2.12.